The van der Waals surface area contributed by atoms with Crippen LogP contribution in [0.4, 0.5) is 4.79 Å². The summed E-state index contributed by atoms with van der Waals surface area (Å²) in [4.78, 5) is 15.0. The number of thioether (sulfide) groups is 1. The van der Waals surface area contributed by atoms with Gasteiger partial charge in [-0.05, 0) is 12.3 Å². The lowest BCUT2D eigenvalue weighted by Gasteiger charge is -2.01. The van der Waals surface area contributed by atoms with E-state index >= 15 is 0 Å². The number of carbonyl (C=O) groups is 1. The SMILES string of the molecule is COC(=O)Oc1[nH]c2ccccc2c1SC. The summed E-state index contributed by atoms with van der Waals surface area (Å²) in [5, 5.41) is 1.04. The maximum Gasteiger partial charge on any atom is 0.514 e. The Balaban J connectivity index is 2.48. The van der Waals surface area contributed by atoms with Crippen LogP contribution < -0.4 is 4.74 Å². The number of aromatic amines is 1. The summed E-state index contributed by atoms with van der Waals surface area (Å²) in [7, 11) is 1.28. The molecule has 1 N–H and O–H groups in total. The minimum atomic E-state index is -0.721. The Morgan fingerprint density at radius 3 is 2.81 bits per heavy atom. The summed E-state index contributed by atoms with van der Waals surface area (Å²) in [5.74, 6) is 0.431. The number of fused-ring (bicyclic) bond motifs is 1. The van der Waals surface area contributed by atoms with Crippen LogP contribution in [0, 0.1) is 0 Å². The van der Waals surface area contributed by atoms with E-state index in [2.05, 4.69) is 9.72 Å². The van der Waals surface area contributed by atoms with Gasteiger partial charge in [-0.3, -0.25) is 0 Å². The third-order valence-electron chi connectivity index (χ3n) is 2.18. The Morgan fingerprint density at radius 2 is 2.12 bits per heavy atom. The van der Waals surface area contributed by atoms with Crippen LogP contribution in [-0.4, -0.2) is 24.5 Å². The van der Waals surface area contributed by atoms with Crippen molar-refractivity contribution in [3.63, 3.8) is 0 Å². The molecule has 0 saturated carbocycles. The fourth-order valence-corrected chi connectivity index (χ4v) is 2.17. The Bertz CT molecular complexity index is 521. The largest absolute Gasteiger partial charge is 0.514 e. The number of carbonyl (C=O) groups excluding carboxylic acids is 1. The quantitative estimate of drug-likeness (QED) is 0.644. The van der Waals surface area contributed by atoms with Gasteiger partial charge in [0.05, 0.1) is 12.0 Å². The third-order valence-corrected chi connectivity index (χ3v) is 3.00. The van der Waals surface area contributed by atoms with E-state index < -0.39 is 6.16 Å². The number of H-pyrrole nitrogens is 1. The number of ether oxygens (including phenoxy) is 2. The van der Waals surface area contributed by atoms with Gasteiger partial charge in [0, 0.05) is 10.9 Å². The molecule has 4 nitrogen and oxygen atoms in total. The van der Waals surface area contributed by atoms with E-state index in [-0.39, 0.29) is 0 Å². The monoisotopic (exact) mass is 237 g/mol. The molecule has 16 heavy (non-hydrogen) atoms. The Kier molecular flexibility index (Phi) is 3.05. The fourth-order valence-electron chi connectivity index (χ4n) is 1.49. The predicted octanol–water partition coefficient (Wildman–Crippen LogP) is 3.04. The number of benzene rings is 1. The van der Waals surface area contributed by atoms with Gasteiger partial charge in [0.25, 0.3) is 0 Å². The normalized spacial score (nSPS) is 10.4. The lowest BCUT2D eigenvalue weighted by atomic mass is 10.2. The maximum atomic E-state index is 11.1. The summed E-state index contributed by atoms with van der Waals surface area (Å²) >= 11 is 1.52. The van der Waals surface area contributed by atoms with Crippen LogP contribution in [-0.2, 0) is 4.74 Å². The molecular formula is C11H11NO3S. The van der Waals surface area contributed by atoms with Gasteiger partial charge in [-0.15, -0.1) is 11.8 Å². The zero-order valence-corrected chi connectivity index (χ0v) is 9.76. The molecule has 0 aliphatic heterocycles. The molecular weight excluding hydrogens is 226 g/mol. The number of hydrogen-bond acceptors (Lipinski definition) is 4. The highest BCUT2D eigenvalue weighted by molar-refractivity contribution is 7.99. The van der Waals surface area contributed by atoms with Crippen molar-refractivity contribution in [3.05, 3.63) is 24.3 Å². The fraction of sp³-hybridized carbons (Fsp3) is 0.182. The average molecular weight is 237 g/mol. The molecule has 84 valence electrons. The highest BCUT2D eigenvalue weighted by Gasteiger charge is 2.14. The number of para-hydroxylation sites is 1. The van der Waals surface area contributed by atoms with E-state index in [1.807, 2.05) is 30.5 Å². The van der Waals surface area contributed by atoms with Crippen LogP contribution in [0.15, 0.2) is 29.2 Å². The van der Waals surface area contributed by atoms with Crippen LogP contribution in [0.2, 0.25) is 0 Å². The van der Waals surface area contributed by atoms with Crippen molar-refractivity contribution in [1.82, 2.24) is 4.98 Å². The zero-order valence-electron chi connectivity index (χ0n) is 8.94. The van der Waals surface area contributed by atoms with Crippen molar-refractivity contribution in [2.45, 2.75) is 4.90 Å². The topological polar surface area (TPSA) is 51.3 Å². The number of nitrogens with one attached hydrogen (secondary N) is 1. The van der Waals surface area contributed by atoms with Gasteiger partial charge in [0.1, 0.15) is 0 Å². The minimum Gasteiger partial charge on any atom is -0.437 e. The number of rotatable bonds is 2. The van der Waals surface area contributed by atoms with Crippen molar-refractivity contribution in [2.75, 3.05) is 13.4 Å². The van der Waals surface area contributed by atoms with E-state index in [4.69, 9.17) is 4.74 Å². The van der Waals surface area contributed by atoms with Crippen molar-refractivity contribution >= 4 is 28.8 Å². The van der Waals surface area contributed by atoms with Crippen molar-refractivity contribution in [2.24, 2.45) is 0 Å². The van der Waals surface area contributed by atoms with Crippen LogP contribution in [0.25, 0.3) is 10.9 Å². The lowest BCUT2D eigenvalue weighted by Crippen LogP contribution is -2.07. The van der Waals surface area contributed by atoms with Gasteiger partial charge >= 0.3 is 6.16 Å². The number of methoxy groups -OCH3 is 1. The summed E-state index contributed by atoms with van der Waals surface area (Å²) in [5.41, 5.74) is 0.936. The first-order valence-corrected chi connectivity index (χ1v) is 5.89. The molecule has 1 aromatic carbocycles. The smallest absolute Gasteiger partial charge is 0.437 e. The van der Waals surface area contributed by atoms with E-state index in [1.165, 1.54) is 18.9 Å². The molecule has 2 rings (SSSR count). The molecule has 2 aromatic rings. The molecule has 0 unspecified atom stereocenters. The van der Waals surface area contributed by atoms with Gasteiger partial charge in [0.2, 0.25) is 5.88 Å². The Labute approximate surface area is 96.9 Å². The van der Waals surface area contributed by atoms with E-state index in [0.717, 1.165) is 15.8 Å². The van der Waals surface area contributed by atoms with Gasteiger partial charge < -0.3 is 14.5 Å². The van der Waals surface area contributed by atoms with Crippen LogP contribution in [0.1, 0.15) is 0 Å². The van der Waals surface area contributed by atoms with Gasteiger partial charge in [-0.2, -0.15) is 0 Å². The molecule has 0 bridgehead atoms. The van der Waals surface area contributed by atoms with Gasteiger partial charge in [-0.1, -0.05) is 18.2 Å². The molecule has 0 aliphatic carbocycles. The molecule has 0 atom stereocenters. The second kappa shape index (κ2) is 4.49. The molecule has 0 aliphatic rings. The van der Waals surface area contributed by atoms with Crippen molar-refractivity contribution in [1.29, 1.82) is 0 Å². The second-order valence-electron chi connectivity index (χ2n) is 3.09. The lowest BCUT2D eigenvalue weighted by molar-refractivity contribution is 0.119. The summed E-state index contributed by atoms with van der Waals surface area (Å²) in [6.45, 7) is 0. The van der Waals surface area contributed by atoms with Crippen molar-refractivity contribution in [3.8, 4) is 5.88 Å². The summed E-state index contributed by atoms with van der Waals surface area (Å²) < 4.78 is 9.49. The molecule has 0 fully saturated rings. The van der Waals surface area contributed by atoms with Crippen LogP contribution in [0.5, 0.6) is 5.88 Å². The minimum absolute atomic E-state index is 0.431. The molecule has 0 saturated heterocycles. The Hall–Kier alpha value is -1.62. The van der Waals surface area contributed by atoms with E-state index in [9.17, 15) is 4.79 Å². The summed E-state index contributed by atoms with van der Waals surface area (Å²) in [6.07, 6.45) is 1.21. The first kappa shape index (κ1) is 10.9. The standard InChI is InChI=1S/C11H11NO3S/c1-14-11(13)15-10-9(16-2)7-5-3-4-6-8(7)12-10/h3-6,12H,1-2H3. The number of hydrogen-bond donors (Lipinski definition) is 1. The zero-order chi connectivity index (χ0) is 11.5. The van der Waals surface area contributed by atoms with Crippen LogP contribution >= 0.6 is 11.8 Å². The molecule has 1 heterocycles. The molecule has 1 aromatic heterocycles. The van der Waals surface area contributed by atoms with Crippen LogP contribution in [0.3, 0.4) is 0 Å². The highest BCUT2D eigenvalue weighted by Crippen LogP contribution is 2.35. The molecule has 0 amide bonds. The first-order valence-electron chi connectivity index (χ1n) is 4.66. The van der Waals surface area contributed by atoms with E-state index in [1.54, 1.807) is 0 Å². The summed E-state index contributed by atoms with van der Waals surface area (Å²) in [6, 6.07) is 7.77. The Morgan fingerprint density at radius 1 is 1.38 bits per heavy atom. The molecule has 5 heteroatoms. The third kappa shape index (κ3) is 1.86. The van der Waals surface area contributed by atoms with Gasteiger partial charge in [0.15, 0.2) is 0 Å². The molecule has 0 radical (unpaired) electrons. The van der Waals surface area contributed by atoms with Crippen molar-refractivity contribution < 1.29 is 14.3 Å². The molecule has 0 spiro atoms. The average Bonchev–Trinajstić information content (AvgIpc) is 2.65. The first-order chi connectivity index (χ1) is 7.76. The second-order valence-corrected chi connectivity index (χ2v) is 3.91. The number of aromatic nitrogens is 1. The predicted molar refractivity (Wildman–Crippen MR) is 63.1 cm³/mol. The van der Waals surface area contributed by atoms with E-state index in [0.29, 0.717) is 5.88 Å². The van der Waals surface area contributed by atoms with Gasteiger partial charge in [-0.25, -0.2) is 4.79 Å². The highest BCUT2D eigenvalue weighted by atomic mass is 32.2. The maximum absolute atomic E-state index is 11.1.